The molecule has 13 heavy (non-hydrogen) atoms. The monoisotopic (exact) mass is 227 g/mol. The van der Waals surface area contributed by atoms with E-state index < -0.39 is 12.1 Å². The van der Waals surface area contributed by atoms with E-state index in [-0.39, 0.29) is 5.78 Å². The molecular formula is C7H11Cl2NO3. The van der Waals surface area contributed by atoms with Gasteiger partial charge < -0.3 is 4.29 Å². The van der Waals surface area contributed by atoms with Gasteiger partial charge in [0.05, 0.1) is 0 Å². The molecule has 0 radical (unpaired) electrons. The van der Waals surface area contributed by atoms with Crippen molar-refractivity contribution in [3.63, 3.8) is 0 Å². The third kappa shape index (κ3) is 3.83. The SMILES string of the molecule is CCCC(C(C)=O)N(Cl)C(=O)OCl. The highest BCUT2D eigenvalue weighted by Crippen LogP contribution is 2.13. The lowest BCUT2D eigenvalue weighted by molar-refractivity contribution is -0.120. The summed E-state index contributed by atoms with van der Waals surface area (Å²) in [5.41, 5.74) is 0. The first-order chi connectivity index (χ1) is 6.04. The van der Waals surface area contributed by atoms with Gasteiger partial charge in [0.2, 0.25) is 0 Å². The molecule has 0 aliphatic rings. The summed E-state index contributed by atoms with van der Waals surface area (Å²) >= 11 is 10.3. The van der Waals surface area contributed by atoms with Gasteiger partial charge in [0.15, 0.2) is 5.78 Å². The van der Waals surface area contributed by atoms with E-state index in [1.807, 2.05) is 6.92 Å². The summed E-state index contributed by atoms with van der Waals surface area (Å²) in [5, 5.41) is 0. The number of hydrogen-bond acceptors (Lipinski definition) is 3. The van der Waals surface area contributed by atoms with E-state index in [0.717, 1.165) is 6.42 Å². The predicted octanol–water partition coefficient (Wildman–Crippen LogP) is 2.49. The maximum absolute atomic E-state index is 11.0. The molecule has 0 aromatic rings. The minimum Gasteiger partial charge on any atom is -0.329 e. The Morgan fingerprint density at radius 3 is 2.38 bits per heavy atom. The standard InChI is InChI=1S/C7H11Cl2NO3/c1-3-4-6(5(2)11)10(8)7(12)13-9/h6H,3-4H2,1-2H3. The van der Waals surface area contributed by atoms with Crippen LogP contribution in [-0.4, -0.2) is 22.3 Å². The number of carbonyl (C=O) groups is 2. The fourth-order valence-electron chi connectivity index (χ4n) is 0.910. The number of halogens is 2. The van der Waals surface area contributed by atoms with Crippen molar-refractivity contribution in [3.8, 4) is 0 Å². The van der Waals surface area contributed by atoms with Crippen LogP contribution >= 0.6 is 23.6 Å². The van der Waals surface area contributed by atoms with Gasteiger partial charge in [0.25, 0.3) is 0 Å². The predicted molar refractivity (Wildman–Crippen MR) is 49.4 cm³/mol. The Balaban J connectivity index is 4.35. The van der Waals surface area contributed by atoms with E-state index in [1.54, 1.807) is 0 Å². The van der Waals surface area contributed by atoms with E-state index in [0.29, 0.717) is 10.8 Å². The van der Waals surface area contributed by atoms with Gasteiger partial charge in [-0.3, -0.25) is 4.79 Å². The third-order valence-corrected chi connectivity index (χ3v) is 2.05. The summed E-state index contributed by atoms with van der Waals surface area (Å²) in [6, 6.07) is -0.669. The van der Waals surface area contributed by atoms with Crippen LogP contribution < -0.4 is 0 Å². The Labute approximate surface area is 87.0 Å². The van der Waals surface area contributed by atoms with E-state index in [1.165, 1.54) is 6.92 Å². The lowest BCUT2D eigenvalue weighted by Gasteiger charge is -2.19. The fraction of sp³-hybridized carbons (Fsp3) is 0.714. The summed E-state index contributed by atoms with van der Waals surface area (Å²) in [6.45, 7) is 3.24. The Morgan fingerprint density at radius 1 is 1.54 bits per heavy atom. The first-order valence-electron chi connectivity index (χ1n) is 3.82. The van der Waals surface area contributed by atoms with Gasteiger partial charge in [-0.2, -0.15) is 0 Å². The van der Waals surface area contributed by atoms with Gasteiger partial charge in [-0.25, -0.2) is 9.21 Å². The van der Waals surface area contributed by atoms with Crippen molar-refractivity contribution >= 4 is 35.5 Å². The molecule has 0 saturated heterocycles. The lowest BCUT2D eigenvalue weighted by Crippen LogP contribution is -2.37. The molecule has 0 fully saturated rings. The van der Waals surface area contributed by atoms with Crippen LogP contribution in [0.1, 0.15) is 26.7 Å². The van der Waals surface area contributed by atoms with Crippen LogP contribution in [0.4, 0.5) is 4.79 Å². The normalized spacial score (nSPS) is 12.0. The van der Waals surface area contributed by atoms with Crippen molar-refractivity contribution in [1.29, 1.82) is 0 Å². The smallest absolute Gasteiger partial charge is 0.329 e. The van der Waals surface area contributed by atoms with Gasteiger partial charge in [-0.15, -0.1) is 0 Å². The lowest BCUT2D eigenvalue weighted by atomic mass is 10.1. The van der Waals surface area contributed by atoms with E-state index in [9.17, 15) is 9.59 Å². The van der Waals surface area contributed by atoms with Crippen LogP contribution in [0.25, 0.3) is 0 Å². The number of nitrogens with zero attached hydrogens (tertiary/aromatic N) is 1. The van der Waals surface area contributed by atoms with Gasteiger partial charge in [0, 0.05) is 11.8 Å². The zero-order valence-corrected chi connectivity index (χ0v) is 8.93. The van der Waals surface area contributed by atoms with Crippen molar-refractivity contribution in [2.75, 3.05) is 0 Å². The summed E-state index contributed by atoms with van der Waals surface area (Å²) in [5.74, 6) is -0.195. The fourth-order valence-corrected chi connectivity index (χ4v) is 1.29. The van der Waals surface area contributed by atoms with Crippen LogP contribution in [0.2, 0.25) is 0 Å². The zero-order valence-electron chi connectivity index (χ0n) is 7.42. The molecule has 1 amide bonds. The molecule has 0 aliphatic heterocycles. The van der Waals surface area contributed by atoms with Gasteiger partial charge in [-0.05, 0) is 13.3 Å². The quantitative estimate of drug-likeness (QED) is 0.694. The number of Topliss-reactive ketones (excluding diaryl/α,β-unsaturated/α-hetero) is 1. The number of rotatable bonds is 4. The molecule has 76 valence electrons. The molecule has 0 N–H and O–H groups in total. The largest absolute Gasteiger partial charge is 0.443 e. The molecule has 1 unspecified atom stereocenters. The van der Waals surface area contributed by atoms with Gasteiger partial charge in [0.1, 0.15) is 17.9 Å². The number of ketones is 1. The second-order valence-electron chi connectivity index (χ2n) is 2.57. The Morgan fingerprint density at radius 2 is 2.08 bits per heavy atom. The summed E-state index contributed by atoms with van der Waals surface area (Å²) in [7, 11) is 0. The molecular weight excluding hydrogens is 217 g/mol. The third-order valence-electron chi connectivity index (χ3n) is 1.55. The first-order valence-corrected chi connectivity index (χ1v) is 4.47. The Hall–Kier alpha value is -0.480. The van der Waals surface area contributed by atoms with Crippen molar-refractivity contribution < 1.29 is 13.9 Å². The molecule has 6 heteroatoms. The molecule has 0 aromatic heterocycles. The molecule has 0 aliphatic carbocycles. The molecule has 1 atom stereocenters. The molecule has 0 rings (SSSR count). The highest BCUT2D eigenvalue weighted by atomic mass is 35.5. The minimum absolute atomic E-state index is 0.195. The second-order valence-corrected chi connectivity index (χ2v) is 3.09. The van der Waals surface area contributed by atoms with Crippen molar-refractivity contribution in [3.05, 3.63) is 0 Å². The molecule has 0 aromatic carbocycles. The van der Waals surface area contributed by atoms with Crippen LogP contribution in [0.15, 0.2) is 0 Å². The average molecular weight is 228 g/mol. The van der Waals surface area contributed by atoms with Crippen LogP contribution in [0, 0.1) is 0 Å². The van der Waals surface area contributed by atoms with E-state index in [2.05, 4.69) is 4.29 Å². The molecule has 0 spiro atoms. The van der Waals surface area contributed by atoms with Gasteiger partial charge >= 0.3 is 6.09 Å². The van der Waals surface area contributed by atoms with E-state index in [4.69, 9.17) is 23.6 Å². The molecule has 4 nitrogen and oxygen atoms in total. The van der Waals surface area contributed by atoms with Crippen molar-refractivity contribution in [1.82, 2.24) is 4.42 Å². The Kier molecular flexibility index (Phi) is 5.82. The summed E-state index contributed by atoms with van der Waals surface area (Å²) < 4.78 is 4.54. The zero-order chi connectivity index (χ0) is 10.4. The Bertz CT molecular complexity index is 198. The van der Waals surface area contributed by atoms with Crippen LogP contribution in [0.3, 0.4) is 0 Å². The van der Waals surface area contributed by atoms with Crippen molar-refractivity contribution in [2.24, 2.45) is 0 Å². The summed E-state index contributed by atoms with van der Waals surface area (Å²) in [6.07, 6.45) is 0.297. The topological polar surface area (TPSA) is 46.6 Å². The maximum Gasteiger partial charge on any atom is 0.443 e. The van der Waals surface area contributed by atoms with E-state index >= 15 is 0 Å². The maximum atomic E-state index is 11.0. The molecule has 0 saturated carbocycles. The highest BCUT2D eigenvalue weighted by Gasteiger charge is 2.26. The number of amides is 1. The number of carbonyl (C=O) groups excluding carboxylic acids is 2. The molecule has 0 heterocycles. The average Bonchev–Trinajstić information content (AvgIpc) is 2.11. The highest BCUT2D eigenvalue weighted by molar-refractivity contribution is 6.24. The first kappa shape index (κ1) is 12.5. The number of hydrogen-bond donors (Lipinski definition) is 0. The second kappa shape index (κ2) is 6.05. The van der Waals surface area contributed by atoms with Crippen LogP contribution in [0.5, 0.6) is 0 Å². The molecule has 0 bridgehead atoms. The minimum atomic E-state index is -0.933. The van der Waals surface area contributed by atoms with Crippen molar-refractivity contribution in [2.45, 2.75) is 32.7 Å². The van der Waals surface area contributed by atoms with Crippen LogP contribution in [-0.2, 0) is 9.08 Å². The summed E-state index contributed by atoms with van der Waals surface area (Å²) in [4.78, 5) is 21.8. The van der Waals surface area contributed by atoms with Gasteiger partial charge in [-0.1, -0.05) is 13.3 Å².